The Labute approximate surface area is 225 Å². The maximum absolute atomic E-state index is 7.03. The van der Waals surface area contributed by atoms with Crippen LogP contribution in [-0.2, 0) is 11.0 Å². The van der Waals surface area contributed by atoms with Gasteiger partial charge in [0.05, 0.1) is 12.6 Å². The second-order valence-corrected chi connectivity index (χ2v) is 16.1. The summed E-state index contributed by atoms with van der Waals surface area (Å²) in [5.74, 6) is 7.98. The molecule has 0 aromatic heterocycles. The summed E-state index contributed by atoms with van der Waals surface area (Å²) in [6, 6.07) is 33.6. The summed E-state index contributed by atoms with van der Waals surface area (Å²) in [4.78, 5) is 2.63. The predicted octanol–water partition coefficient (Wildman–Crippen LogP) is 6.40. The Morgan fingerprint density at radius 1 is 0.784 bits per heavy atom. The Kier molecular flexibility index (Phi) is 8.00. The van der Waals surface area contributed by atoms with Crippen molar-refractivity contribution in [1.82, 2.24) is 4.90 Å². The van der Waals surface area contributed by atoms with Crippen LogP contribution in [0.15, 0.2) is 91.0 Å². The molecule has 3 heteroatoms. The second-order valence-electron chi connectivity index (χ2n) is 11.8. The fourth-order valence-electron chi connectivity index (χ4n) is 6.52. The van der Waals surface area contributed by atoms with Crippen molar-refractivity contribution in [2.24, 2.45) is 5.92 Å². The molecular formula is C34H41NOSi. The first-order valence-corrected chi connectivity index (χ1v) is 15.9. The molecule has 1 aliphatic carbocycles. The van der Waals surface area contributed by atoms with Gasteiger partial charge in [0.15, 0.2) is 0 Å². The van der Waals surface area contributed by atoms with E-state index in [1.54, 1.807) is 0 Å². The van der Waals surface area contributed by atoms with Gasteiger partial charge in [-0.2, -0.15) is 0 Å². The summed E-state index contributed by atoms with van der Waals surface area (Å²) >= 11 is 0. The molecule has 2 aliphatic rings. The Bertz CT molecular complexity index is 1150. The Morgan fingerprint density at radius 2 is 1.32 bits per heavy atom. The van der Waals surface area contributed by atoms with E-state index in [0.29, 0.717) is 18.7 Å². The zero-order valence-corrected chi connectivity index (χ0v) is 23.7. The molecule has 0 spiro atoms. The van der Waals surface area contributed by atoms with Crippen LogP contribution >= 0.6 is 0 Å². The largest absolute Gasteiger partial charge is 0.396 e. The van der Waals surface area contributed by atoms with Gasteiger partial charge in [0.2, 0.25) is 0 Å². The third-order valence-corrected chi connectivity index (χ3v) is 13.3. The molecule has 0 N–H and O–H groups in total. The van der Waals surface area contributed by atoms with Gasteiger partial charge in [-0.15, -0.1) is 0 Å². The van der Waals surface area contributed by atoms with E-state index < -0.39 is 8.32 Å². The lowest BCUT2D eigenvalue weighted by atomic mass is 9.86. The summed E-state index contributed by atoms with van der Waals surface area (Å²) in [7, 11) is -2.54. The van der Waals surface area contributed by atoms with Crippen molar-refractivity contribution in [2.45, 2.75) is 76.5 Å². The highest BCUT2D eigenvalue weighted by atomic mass is 28.4. The number of nitrogens with zero attached hydrogens (tertiary/aromatic N) is 1. The molecule has 192 valence electrons. The van der Waals surface area contributed by atoms with E-state index in [4.69, 9.17) is 4.43 Å². The van der Waals surface area contributed by atoms with Gasteiger partial charge in [0, 0.05) is 12.6 Å². The van der Waals surface area contributed by atoms with Gasteiger partial charge in [0.1, 0.15) is 0 Å². The topological polar surface area (TPSA) is 12.2 Å². The molecule has 0 radical (unpaired) electrons. The quantitative estimate of drug-likeness (QED) is 0.208. The van der Waals surface area contributed by atoms with Gasteiger partial charge in [-0.25, -0.2) is 0 Å². The van der Waals surface area contributed by atoms with Gasteiger partial charge in [-0.1, -0.05) is 143 Å². The lowest BCUT2D eigenvalue weighted by Crippen LogP contribution is -2.66. The first kappa shape index (κ1) is 26.0. The van der Waals surface area contributed by atoms with Crippen LogP contribution in [0.5, 0.6) is 0 Å². The van der Waals surface area contributed by atoms with Crippen LogP contribution in [0, 0.1) is 17.8 Å². The van der Waals surface area contributed by atoms with Gasteiger partial charge >= 0.3 is 0 Å². The van der Waals surface area contributed by atoms with E-state index in [1.807, 2.05) is 0 Å². The molecule has 1 saturated carbocycles. The molecule has 3 atom stereocenters. The molecular weight excluding hydrogens is 466 g/mol. The molecule has 1 unspecified atom stereocenters. The molecule has 37 heavy (non-hydrogen) atoms. The molecule has 1 heterocycles. The Balaban J connectivity index is 1.38. The van der Waals surface area contributed by atoms with Gasteiger partial charge in [0.25, 0.3) is 8.32 Å². The first-order valence-electron chi connectivity index (χ1n) is 14.0. The van der Waals surface area contributed by atoms with E-state index in [-0.39, 0.29) is 5.04 Å². The van der Waals surface area contributed by atoms with E-state index in [9.17, 15) is 0 Å². The molecule has 2 fully saturated rings. The SMILES string of the molecule is CC(C)(C)[Si](OCC#C[C@@H]1[C@@H](C2CCCCC2)N1Cc1ccccc1)(c1ccccc1)c1ccccc1. The van der Waals surface area contributed by atoms with Crippen LogP contribution in [0.25, 0.3) is 0 Å². The van der Waals surface area contributed by atoms with Gasteiger partial charge in [-0.05, 0) is 39.7 Å². The predicted molar refractivity (Wildman–Crippen MR) is 157 cm³/mol. The average Bonchev–Trinajstić information content (AvgIpc) is 3.61. The lowest BCUT2D eigenvalue weighted by Gasteiger charge is -2.42. The number of benzene rings is 3. The average molecular weight is 508 g/mol. The standard InChI is InChI=1S/C34H41NOSi/c1-34(2,3)37(30-21-12-6-13-22-30,31-23-14-7-15-24-31)36-26-16-25-32-33(29-19-10-5-11-20-29)35(32)27-28-17-8-4-9-18-28/h4,6-9,12-15,17-18,21-24,29,32-33H,5,10-11,19-20,26-27H2,1-3H3/t32-,33-,35?/m1/s1. The number of rotatable bonds is 7. The second kappa shape index (κ2) is 11.4. The van der Waals surface area contributed by atoms with Crippen LogP contribution in [-0.4, -0.2) is 31.9 Å². The molecule has 2 nitrogen and oxygen atoms in total. The van der Waals surface area contributed by atoms with E-state index in [0.717, 1.165) is 12.5 Å². The van der Waals surface area contributed by atoms with E-state index in [1.165, 1.54) is 48.0 Å². The third kappa shape index (κ3) is 5.63. The van der Waals surface area contributed by atoms with Gasteiger partial charge in [-0.3, -0.25) is 4.90 Å². The zero-order chi connectivity index (χ0) is 25.7. The van der Waals surface area contributed by atoms with Crippen LogP contribution in [0.1, 0.15) is 58.4 Å². The highest BCUT2D eigenvalue weighted by molar-refractivity contribution is 6.99. The van der Waals surface area contributed by atoms with Crippen molar-refractivity contribution < 1.29 is 4.43 Å². The van der Waals surface area contributed by atoms with Gasteiger partial charge < -0.3 is 4.43 Å². The number of hydrogen-bond acceptors (Lipinski definition) is 2. The Hall–Kier alpha value is -2.64. The summed E-state index contributed by atoms with van der Waals surface area (Å²) in [5.41, 5.74) is 1.39. The first-order chi connectivity index (χ1) is 18.0. The Morgan fingerprint density at radius 3 is 1.86 bits per heavy atom. The summed E-state index contributed by atoms with van der Waals surface area (Å²) in [5, 5.41) is 2.60. The number of hydrogen-bond donors (Lipinski definition) is 0. The minimum absolute atomic E-state index is 0.0268. The third-order valence-electron chi connectivity index (χ3n) is 8.34. The highest BCUT2D eigenvalue weighted by Gasteiger charge is 2.51. The van der Waals surface area contributed by atoms with E-state index in [2.05, 4.69) is 129 Å². The fraction of sp³-hybridized carbons (Fsp3) is 0.412. The monoisotopic (exact) mass is 507 g/mol. The van der Waals surface area contributed by atoms with Crippen molar-refractivity contribution in [1.29, 1.82) is 0 Å². The minimum Gasteiger partial charge on any atom is -0.396 e. The molecule has 1 saturated heterocycles. The van der Waals surface area contributed by atoms with Crippen LogP contribution in [0.3, 0.4) is 0 Å². The molecule has 1 aliphatic heterocycles. The smallest absolute Gasteiger partial charge is 0.262 e. The zero-order valence-electron chi connectivity index (χ0n) is 22.7. The van der Waals surface area contributed by atoms with Crippen LogP contribution < -0.4 is 10.4 Å². The summed E-state index contributed by atoms with van der Waals surface area (Å²) in [6.45, 7) is 8.45. The maximum Gasteiger partial charge on any atom is 0.262 e. The minimum atomic E-state index is -2.54. The molecule has 0 amide bonds. The van der Waals surface area contributed by atoms with E-state index >= 15 is 0 Å². The normalized spacial score (nSPS) is 22.2. The fourth-order valence-corrected chi connectivity index (χ4v) is 11.0. The van der Waals surface area contributed by atoms with Crippen LogP contribution in [0.4, 0.5) is 0 Å². The van der Waals surface area contributed by atoms with Crippen molar-refractivity contribution in [3.05, 3.63) is 96.6 Å². The van der Waals surface area contributed by atoms with Crippen LogP contribution in [0.2, 0.25) is 5.04 Å². The summed E-state index contributed by atoms with van der Waals surface area (Å²) < 4.78 is 7.03. The highest BCUT2D eigenvalue weighted by Crippen LogP contribution is 2.42. The molecule has 3 aromatic carbocycles. The van der Waals surface area contributed by atoms with Crippen molar-refractivity contribution in [3.63, 3.8) is 0 Å². The lowest BCUT2D eigenvalue weighted by molar-refractivity contribution is 0.309. The van der Waals surface area contributed by atoms with Crippen molar-refractivity contribution in [3.8, 4) is 11.8 Å². The van der Waals surface area contributed by atoms with Crippen molar-refractivity contribution >= 4 is 18.7 Å². The maximum atomic E-state index is 7.03. The van der Waals surface area contributed by atoms with Crippen molar-refractivity contribution in [2.75, 3.05) is 6.61 Å². The molecule has 5 rings (SSSR count). The summed E-state index contributed by atoms with van der Waals surface area (Å²) in [6.07, 6.45) is 6.85. The molecule has 3 aromatic rings. The molecule has 0 bridgehead atoms.